The molecule has 2 aromatic carbocycles. The van der Waals surface area contributed by atoms with Crippen molar-refractivity contribution < 1.29 is 22.7 Å². The van der Waals surface area contributed by atoms with E-state index >= 15 is 0 Å². The highest BCUT2D eigenvalue weighted by molar-refractivity contribution is 7.92. The van der Waals surface area contributed by atoms with E-state index in [9.17, 15) is 18.0 Å². The molecule has 9 heteroatoms. The average Bonchev–Trinajstić information content (AvgIpc) is 2.83. The molecule has 1 aromatic heterocycles. The Morgan fingerprint density at radius 1 is 1.14 bits per heavy atom. The zero-order chi connectivity index (χ0) is 25.2. The number of fused-ring (bicyclic) bond motifs is 1. The second-order valence-electron chi connectivity index (χ2n) is 8.86. The van der Waals surface area contributed by atoms with Crippen LogP contribution in [0.15, 0.2) is 54.6 Å². The lowest BCUT2D eigenvalue weighted by molar-refractivity contribution is -0.130. The Morgan fingerprint density at radius 2 is 1.86 bits per heavy atom. The number of aromatic nitrogens is 1. The fourth-order valence-electron chi connectivity index (χ4n) is 4.60. The van der Waals surface area contributed by atoms with Crippen molar-refractivity contribution >= 4 is 32.6 Å². The number of benzene rings is 2. The van der Waals surface area contributed by atoms with E-state index in [-0.39, 0.29) is 31.2 Å². The third-order valence-corrected chi connectivity index (χ3v) is 8.97. The first-order valence-electron chi connectivity index (χ1n) is 11.4. The van der Waals surface area contributed by atoms with Crippen LogP contribution in [-0.4, -0.2) is 56.0 Å². The van der Waals surface area contributed by atoms with Gasteiger partial charge in [-0.25, -0.2) is 8.42 Å². The number of ether oxygens (including phenoxy) is 1. The van der Waals surface area contributed by atoms with E-state index in [2.05, 4.69) is 10.3 Å². The number of pyridine rings is 1. The molecule has 0 bridgehead atoms. The summed E-state index contributed by atoms with van der Waals surface area (Å²) in [5.41, 5.74) is 3.26. The molecule has 184 valence electrons. The van der Waals surface area contributed by atoms with Crippen LogP contribution in [0.25, 0.3) is 10.9 Å². The first-order valence-corrected chi connectivity index (χ1v) is 13.1. The summed E-state index contributed by atoms with van der Waals surface area (Å²) < 4.78 is 31.1. The molecule has 3 aromatic rings. The number of hydrogen-bond donors (Lipinski definition) is 1. The van der Waals surface area contributed by atoms with Crippen molar-refractivity contribution in [3.8, 4) is 5.75 Å². The molecule has 1 aliphatic heterocycles. The highest BCUT2D eigenvalue weighted by atomic mass is 32.2. The Labute approximate surface area is 205 Å². The molecule has 1 unspecified atom stereocenters. The molecular weight excluding hydrogens is 466 g/mol. The van der Waals surface area contributed by atoms with Gasteiger partial charge in [-0.2, -0.15) is 0 Å². The minimum Gasteiger partial charge on any atom is -0.489 e. The van der Waals surface area contributed by atoms with Gasteiger partial charge in [-0.1, -0.05) is 30.3 Å². The molecule has 2 heterocycles. The maximum absolute atomic E-state index is 13.3. The number of nitrogens with zero attached hydrogens (tertiary/aromatic N) is 2. The van der Waals surface area contributed by atoms with E-state index in [0.717, 1.165) is 22.2 Å². The molecule has 35 heavy (non-hydrogen) atoms. The van der Waals surface area contributed by atoms with Crippen molar-refractivity contribution in [2.75, 3.05) is 25.9 Å². The normalized spacial score (nSPS) is 19.3. The number of aryl methyl sites for hydroxylation is 1. The number of amides is 2. The van der Waals surface area contributed by atoms with Crippen molar-refractivity contribution in [1.82, 2.24) is 15.2 Å². The van der Waals surface area contributed by atoms with Crippen molar-refractivity contribution in [2.45, 2.75) is 31.6 Å². The number of hydrogen-bond acceptors (Lipinski definition) is 6. The van der Waals surface area contributed by atoms with Crippen molar-refractivity contribution in [1.29, 1.82) is 0 Å². The smallest absolute Gasteiger partial charge is 0.221 e. The van der Waals surface area contributed by atoms with Crippen LogP contribution in [0.3, 0.4) is 0 Å². The number of carbonyl (C=O) groups is 2. The van der Waals surface area contributed by atoms with E-state index in [1.807, 2.05) is 37.3 Å². The van der Waals surface area contributed by atoms with Crippen LogP contribution < -0.4 is 10.1 Å². The van der Waals surface area contributed by atoms with E-state index < -0.39 is 20.5 Å². The van der Waals surface area contributed by atoms with Gasteiger partial charge in [0.25, 0.3) is 0 Å². The summed E-state index contributed by atoms with van der Waals surface area (Å²) in [6.07, 6.45) is -0.266. The van der Waals surface area contributed by atoms with Crippen LogP contribution in [0.4, 0.5) is 0 Å². The molecular formula is C26H29N3O5S. The van der Waals surface area contributed by atoms with E-state index in [4.69, 9.17) is 4.74 Å². The summed E-state index contributed by atoms with van der Waals surface area (Å²) in [6, 6.07) is 16.6. The Hall–Kier alpha value is -3.46. The molecule has 1 atom stereocenters. The van der Waals surface area contributed by atoms with Crippen molar-refractivity contribution in [2.24, 2.45) is 0 Å². The highest BCUT2D eigenvalue weighted by Crippen LogP contribution is 2.39. The molecule has 1 aliphatic rings. The van der Waals surface area contributed by atoms with Crippen LogP contribution in [0.1, 0.15) is 30.2 Å². The lowest BCUT2D eigenvalue weighted by Gasteiger charge is -2.42. The molecule has 0 radical (unpaired) electrons. The molecule has 2 amide bonds. The molecule has 1 N–H and O–H groups in total. The summed E-state index contributed by atoms with van der Waals surface area (Å²) in [4.78, 5) is 30.5. The number of para-hydroxylation sites is 1. The van der Waals surface area contributed by atoms with Crippen molar-refractivity contribution in [3.05, 3.63) is 71.4 Å². The largest absolute Gasteiger partial charge is 0.489 e. The van der Waals surface area contributed by atoms with Gasteiger partial charge in [-0.3, -0.25) is 14.6 Å². The molecule has 8 nitrogen and oxygen atoms in total. The lowest BCUT2D eigenvalue weighted by atomic mass is 9.92. The molecule has 1 fully saturated rings. The maximum atomic E-state index is 13.3. The second kappa shape index (κ2) is 9.65. The molecule has 1 saturated heterocycles. The van der Waals surface area contributed by atoms with Gasteiger partial charge in [0.1, 0.15) is 17.1 Å². The zero-order valence-corrected chi connectivity index (χ0v) is 20.9. The summed E-state index contributed by atoms with van der Waals surface area (Å²) in [5.74, 6) is -0.254. The lowest BCUT2D eigenvalue weighted by Crippen LogP contribution is -2.56. The highest BCUT2D eigenvalue weighted by Gasteiger charge is 2.51. The van der Waals surface area contributed by atoms with Crippen molar-refractivity contribution in [3.63, 3.8) is 0 Å². The van der Waals surface area contributed by atoms with Crippen LogP contribution in [0.5, 0.6) is 5.75 Å². The quantitative estimate of drug-likeness (QED) is 0.564. The van der Waals surface area contributed by atoms with Gasteiger partial charge in [0, 0.05) is 43.7 Å². The Balaban J connectivity index is 1.63. The topological polar surface area (TPSA) is 106 Å². The fourth-order valence-corrected chi connectivity index (χ4v) is 6.65. The van der Waals surface area contributed by atoms with Gasteiger partial charge in [-0.15, -0.1) is 0 Å². The number of rotatable bonds is 6. The van der Waals surface area contributed by atoms with E-state index in [0.29, 0.717) is 17.9 Å². The Morgan fingerprint density at radius 3 is 2.54 bits per heavy atom. The first kappa shape index (κ1) is 24.7. The van der Waals surface area contributed by atoms with Crippen LogP contribution in [0.2, 0.25) is 0 Å². The number of carbonyl (C=O) groups excluding carboxylic acids is 2. The van der Waals surface area contributed by atoms with Crippen LogP contribution in [-0.2, 0) is 30.8 Å². The summed E-state index contributed by atoms with van der Waals surface area (Å²) in [6.45, 7) is 3.72. The fraction of sp³-hybridized carbons (Fsp3) is 0.346. The van der Waals surface area contributed by atoms with E-state index in [1.165, 1.54) is 18.9 Å². The molecule has 0 saturated carbocycles. The second-order valence-corrected chi connectivity index (χ2v) is 11.3. The molecule has 0 aliphatic carbocycles. The predicted octanol–water partition coefficient (Wildman–Crippen LogP) is 2.73. The number of sulfone groups is 1. The van der Waals surface area contributed by atoms with Crippen LogP contribution in [0, 0.1) is 6.92 Å². The summed E-state index contributed by atoms with van der Waals surface area (Å²) >= 11 is 0. The first-order chi connectivity index (χ1) is 16.6. The minimum atomic E-state index is -3.71. The summed E-state index contributed by atoms with van der Waals surface area (Å²) in [5, 5.41) is 3.53. The van der Waals surface area contributed by atoms with Crippen LogP contribution >= 0.6 is 0 Å². The number of nitrogens with one attached hydrogen (secondary N) is 1. The molecule has 0 spiro atoms. The van der Waals surface area contributed by atoms with Gasteiger partial charge in [0.05, 0.1) is 17.7 Å². The maximum Gasteiger partial charge on any atom is 0.221 e. The standard InChI is InChI=1S/C26H29N3O5S/c1-18-14-20(23-6-4-5-7-24(23)28-18)16-34-22-10-8-21(9-11-22)26(15-25(31)27-3)17-29(19(2)30)12-13-35(26,32)33/h4-11,14H,12-13,15-17H2,1-3H3,(H,27,31). The minimum absolute atomic E-state index is 0.0689. The van der Waals surface area contributed by atoms with Gasteiger partial charge in [0.15, 0.2) is 9.84 Å². The Bertz CT molecular complexity index is 1370. The zero-order valence-electron chi connectivity index (χ0n) is 20.1. The Kier molecular flexibility index (Phi) is 6.80. The van der Waals surface area contributed by atoms with Gasteiger partial charge >= 0.3 is 0 Å². The van der Waals surface area contributed by atoms with Gasteiger partial charge < -0.3 is 15.0 Å². The predicted molar refractivity (Wildman–Crippen MR) is 134 cm³/mol. The SMILES string of the molecule is CNC(=O)CC1(c2ccc(OCc3cc(C)nc4ccccc34)cc2)CN(C(C)=O)CCS1(=O)=O. The van der Waals surface area contributed by atoms with Gasteiger partial charge in [-0.05, 0) is 36.8 Å². The monoisotopic (exact) mass is 495 g/mol. The van der Waals surface area contributed by atoms with Gasteiger partial charge in [0.2, 0.25) is 11.8 Å². The molecule has 4 rings (SSSR count). The third-order valence-electron chi connectivity index (χ3n) is 6.55. The third kappa shape index (κ3) is 4.86. The average molecular weight is 496 g/mol. The van der Waals surface area contributed by atoms with E-state index in [1.54, 1.807) is 24.3 Å². The summed E-state index contributed by atoms with van der Waals surface area (Å²) in [7, 11) is -2.24.